The van der Waals surface area contributed by atoms with Crippen LogP contribution in [-0.2, 0) is 12.7 Å². The van der Waals surface area contributed by atoms with Crippen LogP contribution >= 0.6 is 11.3 Å². The molecule has 10 nitrogen and oxygen atoms in total. The lowest BCUT2D eigenvalue weighted by molar-refractivity contribution is -0.140. The molecule has 1 aromatic carbocycles. The number of aromatic amines is 1. The molecule has 0 saturated carbocycles. The third-order valence-electron chi connectivity index (χ3n) is 5.12. The summed E-state index contributed by atoms with van der Waals surface area (Å²) in [6.07, 6.45) is -3.30. The monoisotopic (exact) mass is 520 g/mol. The summed E-state index contributed by atoms with van der Waals surface area (Å²) in [6.45, 7) is 1.63. The lowest BCUT2D eigenvalue weighted by Crippen LogP contribution is -2.30. The fraction of sp³-hybridized carbons (Fsp3) is 0.227. The summed E-state index contributed by atoms with van der Waals surface area (Å²) in [5.41, 5.74) is -1.20. The molecule has 4 N–H and O–H groups in total. The van der Waals surface area contributed by atoms with E-state index in [1.54, 1.807) is 6.92 Å². The number of aliphatic hydroxyl groups is 1. The van der Waals surface area contributed by atoms with Gasteiger partial charge in [0.05, 0.1) is 23.9 Å². The van der Waals surface area contributed by atoms with Gasteiger partial charge in [0.2, 0.25) is 0 Å². The van der Waals surface area contributed by atoms with Gasteiger partial charge in [-0.2, -0.15) is 13.2 Å². The maximum absolute atomic E-state index is 13.2. The first-order chi connectivity index (χ1) is 17.1. The molecule has 188 valence electrons. The average Bonchev–Trinajstić information content (AvgIpc) is 3.33. The second-order valence-electron chi connectivity index (χ2n) is 7.52. The van der Waals surface area contributed by atoms with Crippen molar-refractivity contribution in [2.24, 2.45) is 0 Å². The molecule has 0 fully saturated rings. The van der Waals surface area contributed by atoms with Gasteiger partial charge in [0.1, 0.15) is 10.8 Å². The van der Waals surface area contributed by atoms with Crippen LogP contribution in [0, 0.1) is 0 Å². The first kappa shape index (κ1) is 25.1. The van der Waals surface area contributed by atoms with Gasteiger partial charge in [-0.05, 0) is 30.7 Å². The molecule has 0 aliphatic carbocycles. The molecule has 0 aliphatic rings. The number of anilines is 1. The smallest absolute Gasteiger partial charge is 0.394 e. The van der Waals surface area contributed by atoms with Crippen LogP contribution in [0.25, 0.3) is 32.5 Å². The molecule has 0 radical (unpaired) electrons. The van der Waals surface area contributed by atoms with Gasteiger partial charge in [-0.1, -0.05) is 6.07 Å². The second-order valence-corrected chi connectivity index (χ2v) is 8.38. The number of aliphatic hydroxyl groups excluding tert-OH is 1. The van der Waals surface area contributed by atoms with Gasteiger partial charge in [0.25, 0.3) is 11.1 Å². The maximum Gasteiger partial charge on any atom is 0.434 e. The number of hydrogen-bond acceptors (Lipinski definition) is 7. The maximum atomic E-state index is 13.2. The van der Waals surface area contributed by atoms with Gasteiger partial charge in [0, 0.05) is 29.2 Å². The van der Waals surface area contributed by atoms with E-state index in [4.69, 9.17) is 5.11 Å². The number of carbonyl (C=O) groups is 1. The normalized spacial score (nSPS) is 11.6. The molecule has 3 aromatic heterocycles. The average molecular weight is 520 g/mol. The van der Waals surface area contributed by atoms with Crippen molar-refractivity contribution in [1.29, 1.82) is 0 Å². The van der Waals surface area contributed by atoms with Crippen LogP contribution in [0.3, 0.4) is 0 Å². The van der Waals surface area contributed by atoms with Crippen molar-refractivity contribution in [1.82, 2.24) is 25.1 Å². The molecule has 2 amide bonds. The number of nitrogens with zero attached hydrogens (tertiary/aromatic N) is 3. The first-order valence-corrected chi connectivity index (χ1v) is 11.5. The molecular formula is C22H19F3N6O4S. The summed E-state index contributed by atoms with van der Waals surface area (Å²) in [5, 5.41) is 17.6. The Kier molecular flexibility index (Phi) is 6.90. The number of halogens is 3. The fourth-order valence-corrected chi connectivity index (χ4v) is 4.36. The van der Waals surface area contributed by atoms with Crippen LogP contribution in [0.4, 0.5) is 23.8 Å². The topological polar surface area (TPSA) is 142 Å². The molecule has 4 rings (SSSR count). The van der Waals surface area contributed by atoms with E-state index < -0.39 is 29.0 Å². The number of carbonyl (C=O) groups excluding carboxylic acids is 1. The van der Waals surface area contributed by atoms with Gasteiger partial charge in [-0.3, -0.25) is 20.0 Å². The highest BCUT2D eigenvalue weighted by Crippen LogP contribution is 2.38. The van der Waals surface area contributed by atoms with E-state index in [-0.39, 0.29) is 40.3 Å². The van der Waals surface area contributed by atoms with Gasteiger partial charge in [-0.25, -0.2) is 19.4 Å². The number of amides is 2. The lowest BCUT2D eigenvalue weighted by atomic mass is 9.99. The van der Waals surface area contributed by atoms with Gasteiger partial charge >= 0.3 is 12.2 Å². The molecule has 0 saturated heterocycles. The minimum Gasteiger partial charge on any atom is -0.394 e. The van der Waals surface area contributed by atoms with E-state index in [9.17, 15) is 27.6 Å². The number of nitrogens with one attached hydrogen (secondary N) is 3. The number of aromatic nitrogens is 4. The van der Waals surface area contributed by atoms with Crippen LogP contribution in [0.5, 0.6) is 0 Å². The molecule has 0 bridgehead atoms. The van der Waals surface area contributed by atoms with Crippen molar-refractivity contribution in [3.63, 3.8) is 0 Å². The van der Waals surface area contributed by atoms with Crippen LogP contribution in [-0.4, -0.2) is 44.0 Å². The van der Waals surface area contributed by atoms with Gasteiger partial charge in [-0.15, -0.1) is 11.3 Å². The Hall–Kier alpha value is -4.04. The molecule has 0 atom stereocenters. The highest BCUT2D eigenvalue weighted by Gasteiger charge is 2.34. The van der Waals surface area contributed by atoms with Crippen molar-refractivity contribution in [2.75, 3.05) is 18.5 Å². The molecule has 0 spiro atoms. The van der Waals surface area contributed by atoms with E-state index in [1.807, 2.05) is 0 Å². The van der Waals surface area contributed by atoms with Crippen LogP contribution < -0.4 is 21.8 Å². The summed E-state index contributed by atoms with van der Waals surface area (Å²) in [4.78, 5) is 45.1. The van der Waals surface area contributed by atoms with Crippen molar-refractivity contribution in [2.45, 2.75) is 19.6 Å². The van der Waals surface area contributed by atoms with Crippen LogP contribution in [0.1, 0.15) is 12.6 Å². The summed E-state index contributed by atoms with van der Waals surface area (Å²) in [5.74, 6) is 0.0778. The van der Waals surface area contributed by atoms with Gasteiger partial charge < -0.3 is 10.4 Å². The van der Waals surface area contributed by atoms with E-state index in [0.717, 1.165) is 21.4 Å². The summed E-state index contributed by atoms with van der Waals surface area (Å²) >= 11 is 0.761. The van der Waals surface area contributed by atoms with E-state index in [0.29, 0.717) is 17.7 Å². The number of urea groups is 1. The Morgan fingerprint density at radius 3 is 2.64 bits per heavy atom. The van der Waals surface area contributed by atoms with Crippen LogP contribution in [0.15, 0.2) is 45.4 Å². The molecule has 4 aromatic rings. The number of benzene rings is 1. The second kappa shape index (κ2) is 9.91. The van der Waals surface area contributed by atoms with Crippen LogP contribution in [0.2, 0.25) is 0 Å². The highest BCUT2D eigenvalue weighted by molar-refractivity contribution is 7.13. The predicted molar refractivity (Wildman–Crippen MR) is 128 cm³/mol. The van der Waals surface area contributed by atoms with E-state index in [1.165, 1.54) is 30.5 Å². The summed E-state index contributed by atoms with van der Waals surface area (Å²) in [6, 6.07) is 5.22. The molecule has 36 heavy (non-hydrogen) atoms. The largest absolute Gasteiger partial charge is 0.434 e. The molecule has 14 heteroatoms. The molecular weight excluding hydrogens is 501 g/mol. The summed E-state index contributed by atoms with van der Waals surface area (Å²) in [7, 11) is 0. The highest BCUT2D eigenvalue weighted by atomic mass is 32.1. The fourth-order valence-electron chi connectivity index (χ4n) is 3.50. The predicted octanol–water partition coefficient (Wildman–Crippen LogP) is 3.03. The van der Waals surface area contributed by atoms with Crippen molar-refractivity contribution in [3.8, 4) is 21.7 Å². The van der Waals surface area contributed by atoms with Crippen molar-refractivity contribution >= 4 is 34.0 Å². The Labute approximate surface area is 204 Å². The Bertz CT molecular complexity index is 1560. The number of H-pyrrole nitrogens is 1. The molecule has 0 aliphatic heterocycles. The van der Waals surface area contributed by atoms with Crippen molar-refractivity contribution in [3.05, 3.63) is 62.2 Å². The van der Waals surface area contributed by atoms with E-state index >= 15 is 0 Å². The standard InChI is InChI=1S/C22H19F3N6O4S/c1-2-26-21(35)29-17-8-14(19-28-16(10-36-19)22(23,24)25)15(9-27-17)11-3-4-12-13(7-11)18(33)30-31(5-6-32)20(12)34/h3-4,7-10,32H,2,5-6H2,1H3,(H,30,33)(H2,26,27,29,35). The zero-order chi connectivity index (χ0) is 26.0. The van der Waals surface area contributed by atoms with E-state index in [2.05, 4.69) is 25.7 Å². The number of thiazole rings is 1. The zero-order valence-corrected chi connectivity index (χ0v) is 19.5. The zero-order valence-electron chi connectivity index (χ0n) is 18.6. The number of rotatable bonds is 6. The minimum absolute atomic E-state index is 0.0195. The molecule has 0 unspecified atom stereocenters. The van der Waals surface area contributed by atoms with Crippen molar-refractivity contribution < 1.29 is 23.1 Å². The minimum atomic E-state index is -4.64. The SMILES string of the molecule is CCNC(=O)Nc1cc(-c2nc(C(F)(F)F)cs2)c(-c2ccc3c(=O)n(CCO)[nH]c(=O)c3c2)cn1. The third kappa shape index (κ3) is 4.99. The first-order valence-electron chi connectivity index (χ1n) is 10.6. The quantitative estimate of drug-likeness (QED) is 0.308. The third-order valence-corrected chi connectivity index (χ3v) is 5.99. The number of fused-ring (bicyclic) bond motifs is 1. The number of pyridine rings is 1. The Balaban J connectivity index is 1.88. The molecule has 3 heterocycles. The lowest BCUT2D eigenvalue weighted by Gasteiger charge is -2.12. The van der Waals surface area contributed by atoms with Gasteiger partial charge in [0.15, 0.2) is 5.69 Å². The number of alkyl halides is 3. The number of hydrogen-bond donors (Lipinski definition) is 4. The Morgan fingerprint density at radius 1 is 1.19 bits per heavy atom. The Morgan fingerprint density at radius 2 is 1.97 bits per heavy atom. The summed E-state index contributed by atoms with van der Waals surface area (Å²) < 4.78 is 40.6.